The van der Waals surface area contributed by atoms with Gasteiger partial charge in [0.05, 0.1) is 6.04 Å². The van der Waals surface area contributed by atoms with Gasteiger partial charge in [-0.15, -0.1) is 12.4 Å². The van der Waals surface area contributed by atoms with Crippen LogP contribution in [0, 0.1) is 6.92 Å². The number of carbonyl (C=O) groups excluding carboxylic acids is 1. The van der Waals surface area contributed by atoms with Crippen molar-refractivity contribution >= 4 is 34.2 Å². The molecule has 1 saturated heterocycles. The highest BCUT2D eigenvalue weighted by atomic mass is 79.9. The van der Waals surface area contributed by atoms with Gasteiger partial charge in [0.15, 0.2) is 10.4 Å². The van der Waals surface area contributed by atoms with Crippen molar-refractivity contribution in [1.29, 1.82) is 0 Å². The molecule has 1 unspecified atom stereocenters. The average molecular weight is 414 g/mol. The Morgan fingerprint density at radius 2 is 1.88 bits per heavy atom. The molecule has 4 nitrogen and oxygen atoms in total. The zero-order valence-corrected chi connectivity index (χ0v) is 16.0. The molecule has 0 spiro atoms. The van der Waals surface area contributed by atoms with Gasteiger partial charge in [-0.1, -0.05) is 29.8 Å². The quantitative estimate of drug-likeness (QED) is 0.793. The van der Waals surface area contributed by atoms with Gasteiger partial charge in [-0.3, -0.25) is 9.69 Å². The molecule has 1 aliphatic heterocycles. The first-order valence-electron chi connectivity index (χ1n) is 7.97. The van der Waals surface area contributed by atoms with Crippen molar-refractivity contribution in [3.63, 3.8) is 0 Å². The third-order valence-electron chi connectivity index (χ3n) is 4.30. The van der Waals surface area contributed by atoms with E-state index in [9.17, 15) is 4.79 Å². The minimum atomic E-state index is -0.174. The lowest BCUT2D eigenvalue weighted by atomic mass is 10.0. The molecule has 130 valence electrons. The SMILES string of the molecule is Cc1ccc(C(CNC(=O)c2ccc(Br)o2)N2CCCC2)cc1.Cl. The lowest BCUT2D eigenvalue weighted by molar-refractivity contribution is 0.0909. The van der Waals surface area contributed by atoms with E-state index in [1.54, 1.807) is 12.1 Å². The summed E-state index contributed by atoms with van der Waals surface area (Å²) in [5, 5.41) is 3.01. The Kier molecular flexibility index (Phi) is 6.90. The van der Waals surface area contributed by atoms with Gasteiger partial charge in [0, 0.05) is 6.54 Å². The van der Waals surface area contributed by atoms with Crippen molar-refractivity contribution in [3.05, 3.63) is 58.0 Å². The molecule has 2 aromatic rings. The van der Waals surface area contributed by atoms with Gasteiger partial charge in [0.2, 0.25) is 0 Å². The Hall–Kier alpha value is -1.30. The second-order valence-corrected chi connectivity index (χ2v) is 6.76. The van der Waals surface area contributed by atoms with Crippen LogP contribution in [0.3, 0.4) is 0 Å². The van der Waals surface area contributed by atoms with Crippen LogP contribution in [0.15, 0.2) is 45.5 Å². The van der Waals surface area contributed by atoms with Crippen molar-refractivity contribution in [2.45, 2.75) is 25.8 Å². The minimum absolute atomic E-state index is 0. The van der Waals surface area contributed by atoms with E-state index in [2.05, 4.69) is 57.3 Å². The van der Waals surface area contributed by atoms with Crippen LogP contribution in [-0.4, -0.2) is 30.4 Å². The summed E-state index contributed by atoms with van der Waals surface area (Å²) in [6.07, 6.45) is 2.45. The Bertz CT molecular complexity index is 666. The largest absolute Gasteiger partial charge is 0.444 e. The molecule has 0 saturated carbocycles. The van der Waals surface area contributed by atoms with Crippen molar-refractivity contribution in [3.8, 4) is 0 Å². The van der Waals surface area contributed by atoms with Crippen LogP contribution < -0.4 is 5.32 Å². The molecule has 0 bridgehead atoms. The molecule has 1 N–H and O–H groups in total. The highest BCUT2D eigenvalue weighted by molar-refractivity contribution is 9.10. The van der Waals surface area contributed by atoms with E-state index in [1.807, 2.05) is 0 Å². The molecule has 1 amide bonds. The van der Waals surface area contributed by atoms with Crippen LogP contribution in [0.2, 0.25) is 0 Å². The number of amides is 1. The van der Waals surface area contributed by atoms with Crippen molar-refractivity contribution in [2.75, 3.05) is 19.6 Å². The zero-order valence-electron chi connectivity index (χ0n) is 13.6. The maximum absolute atomic E-state index is 12.2. The molecule has 3 rings (SSSR count). The smallest absolute Gasteiger partial charge is 0.287 e. The Labute approximate surface area is 157 Å². The summed E-state index contributed by atoms with van der Waals surface area (Å²) in [6.45, 7) is 4.84. The molecule has 1 aromatic heterocycles. The lowest BCUT2D eigenvalue weighted by Crippen LogP contribution is -2.36. The summed E-state index contributed by atoms with van der Waals surface area (Å²) in [5.74, 6) is 0.160. The second-order valence-electron chi connectivity index (χ2n) is 5.98. The average Bonchev–Trinajstić information content (AvgIpc) is 3.21. The topological polar surface area (TPSA) is 45.5 Å². The number of nitrogens with one attached hydrogen (secondary N) is 1. The van der Waals surface area contributed by atoms with Crippen LogP contribution in [0.4, 0.5) is 0 Å². The Morgan fingerprint density at radius 3 is 2.46 bits per heavy atom. The van der Waals surface area contributed by atoms with Gasteiger partial charge in [0.1, 0.15) is 0 Å². The van der Waals surface area contributed by atoms with Gasteiger partial charge in [-0.2, -0.15) is 0 Å². The normalized spacial score (nSPS) is 15.8. The van der Waals surface area contributed by atoms with E-state index in [1.165, 1.54) is 24.0 Å². The minimum Gasteiger partial charge on any atom is -0.444 e. The predicted molar refractivity (Wildman–Crippen MR) is 101 cm³/mol. The molecule has 1 aromatic carbocycles. The number of halogens is 2. The fourth-order valence-electron chi connectivity index (χ4n) is 3.01. The van der Waals surface area contributed by atoms with Crippen LogP contribution in [-0.2, 0) is 0 Å². The van der Waals surface area contributed by atoms with Crippen LogP contribution in [0.5, 0.6) is 0 Å². The molecule has 1 fully saturated rings. The highest BCUT2D eigenvalue weighted by Crippen LogP contribution is 2.25. The van der Waals surface area contributed by atoms with Crippen LogP contribution >= 0.6 is 28.3 Å². The summed E-state index contributed by atoms with van der Waals surface area (Å²) >= 11 is 3.22. The number of carbonyl (C=O) groups is 1. The van der Waals surface area contributed by atoms with Gasteiger partial charge >= 0.3 is 0 Å². The maximum atomic E-state index is 12.2. The first-order chi connectivity index (χ1) is 11.1. The molecule has 1 aliphatic rings. The van der Waals surface area contributed by atoms with Crippen LogP contribution in [0.25, 0.3) is 0 Å². The standard InChI is InChI=1S/C18H21BrN2O2.ClH/c1-13-4-6-14(7-5-13)15(21-10-2-3-11-21)12-20-18(22)16-8-9-17(19)23-16;/h4-9,15H,2-3,10-12H2,1H3,(H,20,22);1H. The van der Waals surface area contributed by atoms with E-state index in [0.717, 1.165) is 13.1 Å². The van der Waals surface area contributed by atoms with Crippen molar-refractivity contribution in [2.24, 2.45) is 0 Å². The number of hydrogen-bond donors (Lipinski definition) is 1. The van der Waals surface area contributed by atoms with Gasteiger partial charge in [-0.05, 0) is 66.5 Å². The summed E-state index contributed by atoms with van der Waals surface area (Å²) in [4.78, 5) is 14.7. The van der Waals surface area contributed by atoms with Gasteiger partial charge in [0.25, 0.3) is 5.91 Å². The van der Waals surface area contributed by atoms with E-state index >= 15 is 0 Å². The lowest BCUT2D eigenvalue weighted by Gasteiger charge is -2.28. The maximum Gasteiger partial charge on any atom is 0.287 e. The number of aryl methyl sites for hydroxylation is 1. The van der Waals surface area contributed by atoms with Crippen LogP contribution in [0.1, 0.15) is 40.6 Å². The summed E-state index contributed by atoms with van der Waals surface area (Å²) in [5.41, 5.74) is 2.50. The first kappa shape index (κ1) is 19.0. The molecular weight excluding hydrogens is 392 g/mol. The fraction of sp³-hybridized carbons (Fsp3) is 0.389. The number of rotatable bonds is 5. The van der Waals surface area contributed by atoms with E-state index in [0.29, 0.717) is 17.0 Å². The van der Waals surface area contributed by atoms with Gasteiger partial charge in [-0.25, -0.2) is 0 Å². The zero-order chi connectivity index (χ0) is 16.2. The van der Waals surface area contributed by atoms with Crippen molar-refractivity contribution < 1.29 is 9.21 Å². The Morgan fingerprint density at radius 1 is 1.21 bits per heavy atom. The van der Waals surface area contributed by atoms with Crippen molar-refractivity contribution in [1.82, 2.24) is 10.2 Å². The Balaban J connectivity index is 0.00000208. The molecule has 0 radical (unpaired) electrons. The fourth-order valence-corrected chi connectivity index (χ4v) is 3.32. The number of likely N-dealkylation sites (tertiary alicyclic amines) is 1. The summed E-state index contributed by atoms with van der Waals surface area (Å²) in [6, 6.07) is 12.2. The first-order valence-corrected chi connectivity index (χ1v) is 8.77. The summed E-state index contributed by atoms with van der Waals surface area (Å²) < 4.78 is 5.88. The molecule has 2 heterocycles. The molecule has 6 heteroatoms. The highest BCUT2D eigenvalue weighted by Gasteiger charge is 2.24. The molecule has 24 heavy (non-hydrogen) atoms. The van der Waals surface area contributed by atoms with E-state index in [-0.39, 0.29) is 24.4 Å². The molecule has 0 aliphatic carbocycles. The predicted octanol–water partition coefficient (Wildman–Crippen LogP) is 4.34. The van der Waals surface area contributed by atoms with E-state index in [4.69, 9.17) is 4.42 Å². The van der Waals surface area contributed by atoms with E-state index < -0.39 is 0 Å². The van der Waals surface area contributed by atoms with Gasteiger partial charge < -0.3 is 9.73 Å². The number of benzene rings is 1. The third kappa shape index (κ3) is 4.62. The number of furan rings is 1. The third-order valence-corrected chi connectivity index (χ3v) is 4.72. The number of nitrogens with zero attached hydrogens (tertiary/aromatic N) is 1. The number of hydrogen-bond acceptors (Lipinski definition) is 3. The monoisotopic (exact) mass is 412 g/mol. The molecule has 1 atom stereocenters. The summed E-state index contributed by atoms with van der Waals surface area (Å²) in [7, 11) is 0. The second kappa shape index (κ2) is 8.70. The molecular formula is C18H22BrClN2O2.